The quantitative estimate of drug-likeness (QED) is 0.776. The second-order valence-electron chi connectivity index (χ2n) is 5.09. The highest BCUT2D eigenvalue weighted by Gasteiger charge is 2.34. The maximum absolute atomic E-state index is 13.0. The Morgan fingerprint density at radius 1 is 1.00 bits per heavy atom. The summed E-state index contributed by atoms with van der Waals surface area (Å²) in [5, 5.41) is 0.794. The third-order valence-corrected chi connectivity index (χ3v) is 3.68. The molecule has 3 rings (SSSR count). The van der Waals surface area contributed by atoms with Gasteiger partial charge in [0.1, 0.15) is 5.69 Å². The summed E-state index contributed by atoms with van der Waals surface area (Å²) in [5.41, 5.74) is 0.252. The number of aromatic nitrogens is 1. The van der Waals surface area contributed by atoms with Gasteiger partial charge < -0.3 is 4.90 Å². The highest BCUT2D eigenvalue weighted by molar-refractivity contribution is 5.92. The van der Waals surface area contributed by atoms with Gasteiger partial charge in [0, 0.05) is 24.2 Å². The lowest BCUT2D eigenvalue weighted by atomic mass is 10.1. The first-order valence-electron chi connectivity index (χ1n) is 6.77. The first-order chi connectivity index (χ1) is 9.55. The molecule has 2 aromatic rings. The third-order valence-electron chi connectivity index (χ3n) is 3.68. The summed E-state index contributed by atoms with van der Waals surface area (Å²) in [5.74, 6) is 0. The first kappa shape index (κ1) is 13.2. The smallest absolute Gasteiger partial charge is 0.371 e. The summed E-state index contributed by atoms with van der Waals surface area (Å²) in [6.07, 6.45) is -1.21. The number of nitrogens with zero attached hydrogens (tertiary/aromatic N) is 2. The Kier molecular flexibility index (Phi) is 3.28. The van der Waals surface area contributed by atoms with Crippen molar-refractivity contribution in [3.8, 4) is 0 Å². The van der Waals surface area contributed by atoms with Crippen LogP contribution in [0.1, 0.15) is 25.0 Å². The molecular formula is C15H15F3N2. The van der Waals surface area contributed by atoms with Crippen molar-refractivity contribution in [2.24, 2.45) is 0 Å². The molecule has 0 radical (unpaired) electrons. The predicted octanol–water partition coefficient (Wildman–Crippen LogP) is 4.24. The molecule has 2 nitrogen and oxygen atoms in total. The number of anilines is 1. The molecule has 1 aliphatic heterocycles. The van der Waals surface area contributed by atoms with E-state index in [9.17, 15) is 13.2 Å². The third kappa shape index (κ3) is 2.44. The molecule has 0 bridgehead atoms. The van der Waals surface area contributed by atoms with Crippen LogP contribution in [0.5, 0.6) is 0 Å². The summed E-state index contributed by atoms with van der Waals surface area (Å²) >= 11 is 0. The van der Waals surface area contributed by atoms with Crippen molar-refractivity contribution >= 4 is 16.6 Å². The van der Waals surface area contributed by atoms with Crippen molar-refractivity contribution in [2.45, 2.75) is 25.4 Å². The Morgan fingerprint density at radius 2 is 1.70 bits per heavy atom. The van der Waals surface area contributed by atoms with Gasteiger partial charge in [0.05, 0.1) is 5.52 Å². The molecule has 0 atom stereocenters. The summed E-state index contributed by atoms with van der Waals surface area (Å²) in [4.78, 5) is 5.79. The summed E-state index contributed by atoms with van der Waals surface area (Å²) < 4.78 is 38.9. The number of halogens is 3. The highest BCUT2D eigenvalue weighted by atomic mass is 19.4. The molecule has 1 aromatic carbocycles. The molecule has 106 valence electrons. The second kappa shape index (κ2) is 4.96. The van der Waals surface area contributed by atoms with Crippen LogP contribution in [0.4, 0.5) is 18.9 Å². The molecule has 0 spiro atoms. The number of piperidine rings is 1. The van der Waals surface area contributed by atoms with Crippen molar-refractivity contribution in [1.82, 2.24) is 4.98 Å². The molecule has 20 heavy (non-hydrogen) atoms. The van der Waals surface area contributed by atoms with E-state index in [0.29, 0.717) is 11.2 Å². The average molecular weight is 280 g/mol. The largest absolute Gasteiger partial charge is 0.433 e. The van der Waals surface area contributed by atoms with Crippen LogP contribution in [0, 0.1) is 0 Å². The fraction of sp³-hybridized carbons (Fsp3) is 0.400. The van der Waals surface area contributed by atoms with Crippen molar-refractivity contribution in [3.63, 3.8) is 0 Å². The number of alkyl halides is 3. The molecule has 1 fully saturated rings. The number of hydrogen-bond acceptors (Lipinski definition) is 2. The fourth-order valence-electron chi connectivity index (χ4n) is 2.70. The molecule has 0 aliphatic carbocycles. The first-order valence-corrected chi connectivity index (χ1v) is 6.77. The number of hydrogen-bond donors (Lipinski definition) is 0. The van der Waals surface area contributed by atoms with Gasteiger partial charge in [-0.1, -0.05) is 18.2 Å². The van der Waals surface area contributed by atoms with Crippen LogP contribution < -0.4 is 4.90 Å². The van der Waals surface area contributed by atoms with Crippen molar-refractivity contribution in [2.75, 3.05) is 18.0 Å². The van der Waals surface area contributed by atoms with Gasteiger partial charge in [0.15, 0.2) is 0 Å². The van der Waals surface area contributed by atoms with Crippen LogP contribution in [0.25, 0.3) is 10.9 Å². The molecule has 1 aromatic heterocycles. The molecule has 0 N–H and O–H groups in total. The van der Waals surface area contributed by atoms with Crippen LogP contribution in [-0.2, 0) is 6.18 Å². The van der Waals surface area contributed by atoms with E-state index in [1.807, 2.05) is 17.0 Å². The van der Waals surface area contributed by atoms with Gasteiger partial charge in [0.2, 0.25) is 0 Å². The van der Waals surface area contributed by atoms with E-state index in [-0.39, 0.29) is 0 Å². The molecule has 0 amide bonds. The van der Waals surface area contributed by atoms with Gasteiger partial charge in [-0.25, -0.2) is 4.98 Å². The minimum Gasteiger partial charge on any atom is -0.371 e. The van der Waals surface area contributed by atoms with Gasteiger partial charge in [-0.3, -0.25) is 0 Å². The standard InChI is InChI=1S/C15H15F3N2/c16-15(17,18)14-10-13(20-8-4-1-5-9-20)11-6-2-3-7-12(11)19-14/h2-3,6-7,10H,1,4-5,8-9H2. The monoisotopic (exact) mass is 280 g/mol. The maximum Gasteiger partial charge on any atom is 0.433 e. The molecular weight excluding hydrogens is 265 g/mol. The summed E-state index contributed by atoms with van der Waals surface area (Å²) in [7, 11) is 0. The van der Waals surface area contributed by atoms with E-state index in [2.05, 4.69) is 4.98 Å². The van der Waals surface area contributed by atoms with Crippen LogP contribution in [0.15, 0.2) is 30.3 Å². The molecule has 1 aliphatic rings. The molecule has 5 heteroatoms. The van der Waals surface area contributed by atoms with E-state index >= 15 is 0 Å². The number of pyridine rings is 1. The van der Waals surface area contributed by atoms with Crippen molar-refractivity contribution < 1.29 is 13.2 Å². The molecule has 0 saturated carbocycles. The van der Waals surface area contributed by atoms with Crippen molar-refractivity contribution in [3.05, 3.63) is 36.0 Å². The Bertz CT molecular complexity index is 616. The Hall–Kier alpha value is -1.78. The number of benzene rings is 1. The lowest BCUT2D eigenvalue weighted by molar-refractivity contribution is -0.140. The second-order valence-corrected chi connectivity index (χ2v) is 5.09. The average Bonchev–Trinajstić information content (AvgIpc) is 2.46. The van der Waals surface area contributed by atoms with E-state index < -0.39 is 11.9 Å². The summed E-state index contributed by atoms with van der Waals surface area (Å²) in [6, 6.07) is 8.22. The normalized spacial score (nSPS) is 16.6. The number of para-hydroxylation sites is 1. The van der Waals surface area contributed by atoms with Gasteiger partial charge in [-0.15, -0.1) is 0 Å². The lowest BCUT2D eigenvalue weighted by Crippen LogP contribution is -2.30. The minimum atomic E-state index is -4.41. The number of fused-ring (bicyclic) bond motifs is 1. The van der Waals surface area contributed by atoms with Gasteiger partial charge in [0.25, 0.3) is 0 Å². The maximum atomic E-state index is 13.0. The highest BCUT2D eigenvalue weighted by Crippen LogP contribution is 2.35. The van der Waals surface area contributed by atoms with E-state index in [1.165, 1.54) is 6.07 Å². The van der Waals surface area contributed by atoms with E-state index in [4.69, 9.17) is 0 Å². The molecule has 2 heterocycles. The van der Waals surface area contributed by atoms with Gasteiger partial charge >= 0.3 is 6.18 Å². The minimum absolute atomic E-state index is 0.405. The Balaban J connectivity index is 2.16. The molecule has 0 unspecified atom stereocenters. The van der Waals surface area contributed by atoms with Crippen LogP contribution in [0.2, 0.25) is 0 Å². The van der Waals surface area contributed by atoms with Gasteiger partial charge in [-0.2, -0.15) is 13.2 Å². The van der Waals surface area contributed by atoms with Crippen LogP contribution in [-0.4, -0.2) is 18.1 Å². The topological polar surface area (TPSA) is 16.1 Å². The predicted molar refractivity (Wildman–Crippen MR) is 72.8 cm³/mol. The number of rotatable bonds is 1. The van der Waals surface area contributed by atoms with E-state index in [1.54, 1.807) is 12.1 Å². The van der Waals surface area contributed by atoms with Crippen molar-refractivity contribution in [1.29, 1.82) is 0 Å². The SMILES string of the molecule is FC(F)(F)c1cc(N2CCCCC2)c2ccccc2n1. The summed E-state index contributed by atoms with van der Waals surface area (Å²) in [6.45, 7) is 1.62. The van der Waals surface area contributed by atoms with E-state index in [0.717, 1.165) is 37.7 Å². The Labute approximate surface area is 115 Å². The van der Waals surface area contributed by atoms with Crippen LogP contribution in [0.3, 0.4) is 0 Å². The van der Waals surface area contributed by atoms with Gasteiger partial charge in [-0.05, 0) is 31.4 Å². The lowest BCUT2D eigenvalue weighted by Gasteiger charge is -2.30. The fourth-order valence-corrected chi connectivity index (χ4v) is 2.70. The zero-order valence-electron chi connectivity index (χ0n) is 11.0. The zero-order valence-corrected chi connectivity index (χ0v) is 11.0. The van der Waals surface area contributed by atoms with Crippen LogP contribution >= 0.6 is 0 Å². The zero-order chi connectivity index (χ0) is 14.2. The molecule has 1 saturated heterocycles. The Morgan fingerprint density at radius 3 is 2.40 bits per heavy atom.